The number of benzene rings is 3. The molecule has 0 heterocycles. The summed E-state index contributed by atoms with van der Waals surface area (Å²) in [6.07, 6.45) is 0.904. The highest BCUT2D eigenvalue weighted by Gasteiger charge is 2.26. The molecule has 4 rings (SSSR count). The summed E-state index contributed by atoms with van der Waals surface area (Å²) in [5.74, 6) is -1.81. The minimum Gasteiger partial charge on any atom is -0.388 e. The van der Waals surface area contributed by atoms with Gasteiger partial charge in [-0.1, -0.05) is 67.6 Å². The fraction of sp³-hybridized carbons (Fsp3) is 0.250. The van der Waals surface area contributed by atoms with Gasteiger partial charge in [0.2, 0.25) is 5.91 Å². The normalized spacial score (nSPS) is 13.4. The summed E-state index contributed by atoms with van der Waals surface area (Å²) in [5.41, 5.74) is 11.2. The highest BCUT2D eigenvalue weighted by molar-refractivity contribution is 5.99. The van der Waals surface area contributed by atoms with Crippen molar-refractivity contribution >= 4 is 17.8 Å². The average molecular weight is 457 g/mol. The fourth-order valence-electron chi connectivity index (χ4n) is 4.30. The maximum Gasteiger partial charge on any atom is 0.345 e. The van der Waals surface area contributed by atoms with E-state index in [1.54, 1.807) is 12.1 Å². The molecule has 6 nitrogen and oxygen atoms in total. The molecule has 2 atom stereocenters. The quantitative estimate of drug-likeness (QED) is 0.293. The van der Waals surface area contributed by atoms with Gasteiger partial charge >= 0.3 is 11.9 Å². The van der Waals surface area contributed by atoms with E-state index in [2.05, 4.69) is 17.4 Å². The van der Waals surface area contributed by atoms with Crippen LogP contribution in [0.3, 0.4) is 0 Å². The Kier molecular flexibility index (Phi) is 7.18. The molecule has 1 aliphatic rings. The molecule has 1 amide bonds. The topological polar surface area (TPSA) is 98.5 Å². The van der Waals surface area contributed by atoms with E-state index < -0.39 is 23.9 Å². The molecule has 3 N–H and O–H groups in total. The number of hydrogen-bond donors (Lipinski definition) is 2. The monoisotopic (exact) mass is 456 g/mol. The van der Waals surface area contributed by atoms with Crippen LogP contribution >= 0.6 is 0 Å². The van der Waals surface area contributed by atoms with Gasteiger partial charge in [-0.3, -0.25) is 4.79 Å². The van der Waals surface area contributed by atoms with Gasteiger partial charge in [0.15, 0.2) is 0 Å². The summed E-state index contributed by atoms with van der Waals surface area (Å²) in [4.78, 5) is 36.9. The Morgan fingerprint density at radius 1 is 0.941 bits per heavy atom. The molecular weight excluding hydrogens is 428 g/mol. The van der Waals surface area contributed by atoms with Crippen LogP contribution in [0.2, 0.25) is 0 Å². The number of carbonyl (C=O) groups excluding carboxylic acids is 3. The number of nitrogens with two attached hydrogens (primary N) is 1. The van der Waals surface area contributed by atoms with E-state index in [4.69, 9.17) is 10.5 Å². The molecule has 0 saturated heterocycles. The summed E-state index contributed by atoms with van der Waals surface area (Å²) >= 11 is 0. The summed E-state index contributed by atoms with van der Waals surface area (Å²) in [6.45, 7) is 2.51. The first-order valence-corrected chi connectivity index (χ1v) is 11.5. The molecule has 174 valence electrons. The second kappa shape index (κ2) is 10.4. The Bertz CT molecular complexity index is 1210. The molecule has 0 unspecified atom stereocenters. The van der Waals surface area contributed by atoms with Gasteiger partial charge in [0.05, 0.1) is 5.56 Å². The lowest BCUT2D eigenvalue weighted by Gasteiger charge is -2.19. The van der Waals surface area contributed by atoms with Gasteiger partial charge in [0.1, 0.15) is 6.04 Å². The van der Waals surface area contributed by atoms with Gasteiger partial charge in [0.25, 0.3) is 0 Å². The van der Waals surface area contributed by atoms with Crippen molar-refractivity contribution < 1.29 is 19.1 Å². The fourth-order valence-corrected chi connectivity index (χ4v) is 4.30. The molecule has 0 bridgehead atoms. The second-order valence-corrected chi connectivity index (χ2v) is 8.69. The number of esters is 2. The maximum atomic E-state index is 12.8. The maximum absolute atomic E-state index is 12.8. The minimum atomic E-state index is -0.818. The Labute approximate surface area is 199 Å². The van der Waals surface area contributed by atoms with Gasteiger partial charge in [-0.2, -0.15) is 0 Å². The summed E-state index contributed by atoms with van der Waals surface area (Å²) in [6, 6.07) is 22.6. The number of nitrogens with one attached hydrogen (secondary N) is 1. The third-order valence-corrected chi connectivity index (χ3v) is 6.23. The molecule has 0 radical (unpaired) electrons. The highest BCUT2D eigenvalue weighted by atomic mass is 16.6. The molecule has 34 heavy (non-hydrogen) atoms. The summed E-state index contributed by atoms with van der Waals surface area (Å²) in [7, 11) is 0. The zero-order valence-electron chi connectivity index (χ0n) is 19.1. The van der Waals surface area contributed by atoms with E-state index in [9.17, 15) is 14.4 Å². The number of fused-ring (bicyclic) bond motifs is 3. The lowest BCUT2D eigenvalue weighted by atomic mass is 10.0. The van der Waals surface area contributed by atoms with Crippen molar-refractivity contribution in [3.8, 4) is 11.1 Å². The lowest BCUT2D eigenvalue weighted by Crippen LogP contribution is -2.41. The largest absolute Gasteiger partial charge is 0.388 e. The van der Waals surface area contributed by atoms with Crippen LogP contribution in [-0.2, 0) is 20.7 Å². The highest BCUT2D eigenvalue weighted by Crippen LogP contribution is 2.36. The smallest absolute Gasteiger partial charge is 0.345 e. The van der Waals surface area contributed by atoms with E-state index >= 15 is 0 Å². The molecule has 0 aromatic heterocycles. The van der Waals surface area contributed by atoms with Crippen molar-refractivity contribution in [2.45, 2.75) is 38.1 Å². The predicted octanol–water partition coefficient (Wildman–Crippen LogP) is 3.97. The Morgan fingerprint density at radius 2 is 1.65 bits per heavy atom. The number of rotatable bonds is 9. The Balaban J connectivity index is 1.42. The van der Waals surface area contributed by atoms with Gasteiger partial charge in [-0.25, -0.2) is 9.59 Å². The SMILES string of the molecule is C[C@@H](CN[C@@H](CCC(N)=O)C(=O)OC(=O)c1ccc2c(c1)Cc1ccccc1-2)c1ccccc1. The van der Waals surface area contributed by atoms with Crippen LogP contribution < -0.4 is 11.1 Å². The van der Waals surface area contributed by atoms with Crippen LogP contribution in [0.4, 0.5) is 0 Å². The summed E-state index contributed by atoms with van der Waals surface area (Å²) < 4.78 is 5.21. The van der Waals surface area contributed by atoms with Crippen molar-refractivity contribution in [3.05, 3.63) is 95.1 Å². The average Bonchev–Trinajstić information content (AvgIpc) is 3.22. The van der Waals surface area contributed by atoms with E-state index in [0.717, 1.165) is 28.7 Å². The van der Waals surface area contributed by atoms with Crippen LogP contribution in [0.15, 0.2) is 72.8 Å². The van der Waals surface area contributed by atoms with Crippen molar-refractivity contribution in [2.75, 3.05) is 6.54 Å². The third-order valence-electron chi connectivity index (χ3n) is 6.23. The molecular formula is C28H28N2O4. The van der Waals surface area contributed by atoms with Gasteiger partial charge in [0, 0.05) is 13.0 Å². The molecule has 0 spiro atoms. The van der Waals surface area contributed by atoms with Crippen molar-refractivity contribution in [1.82, 2.24) is 5.32 Å². The number of primary amides is 1. The molecule has 0 aliphatic heterocycles. The van der Waals surface area contributed by atoms with Crippen molar-refractivity contribution in [1.29, 1.82) is 0 Å². The van der Waals surface area contributed by atoms with Gasteiger partial charge in [-0.05, 0) is 58.7 Å². The number of hydrogen-bond acceptors (Lipinski definition) is 5. The first-order valence-electron chi connectivity index (χ1n) is 11.5. The van der Waals surface area contributed by atoms with E-state index in [-0.39, 0.29) is 18.8 Å². The Hall–Kier alpha value is -3.77. The lowest BCUT2D eigenvalue weighted by molar-refractivity contribution is -0.140. The zero-order valence-corrected chi connectivity index (χ0v) is 19.1. The van der Waals surface area contributed by atoms with Gasteiger partial charge < -0.3 is 15.8 Å². The van der Waals surface area contributed by atoms with E-state index in [1.807, 2.05) is 55.5 Å². The Morgan fingerprint density at radius 3 is 2.41 bits per heavy atom. The van der Waals surface area contributed by atoms with Gasteiger partial charge in [-0.15, -0.1) is 0 Å². The second-order valence-electron chi connectivity index (χ2n) is 8.69. The van der Waals surface area contributed by atoms with E-state index in [1.165, 1.54) is 5.56 Å². The minimum absolute atomic E-state index is 0.0117. The van der Waals surface area contributed by atoms with Crippen LogP contribution in [0, 0.1) is 0 Å². The van der Waals surface area contributed by atoms with Crippen LogP contribution in [0.25, 0.3) is 11.1 Å². The number of amides is 1. The number of ether oxygens (including phenoxy) is 1. The first kappa shape index (κ1) is 23.4. The predicted molar refractivity (Wildman–Crippen MR) is 130 cm³/mol. The number of carbonyl (C=O) groups is 3. The molecule has 3 aromatic carbocycles. The zero-order chi connectivity index (χ0) is 24.1. The molecule has 0 fully saturated rings. The first-order chi connectivity index (χ1) is 16.4. The molecule has 3 aromatic rings. The van der Waals surface area contributed by atoms with Crippen LogP contribution in [0.5, 0.6) is 0 Å². The summed E-state index contributed by atoms with van der Waals surface area (Å²) in [5, 5.41) is 3.15. The van der Waals surface area contributed by atoms with E-state index in [0.29, 0.717) is 12.1 Å². The van der Waals surface area contributed by atoms with Crippen molar-refractivity contribution in [2.24, 2.45) is 5.73 Å². The van der Waals surface area contributed by atoms with Crippen molar-refractivity contribution in [3.63, 3.8) is 0 Å². The molecule has 1 aliphatic carbocycles. The van der Waals surface area contributed by atoms with Crippen LogP contribution in [0.1, 0.15) is 52.7 Å². The van der Waals surface area contributed by atoms with Crippen LogP contribution in [-0.4, -0.2) is 30.4 Å². The third kappa shape index (κ3) is 5.41. The molecule has 6 heteroatoms. The standard InChI is InChI=1S/C28H28N2O4/c1-18(19-7-3-2-4-8-19)17-30-25(13-14-26(29)31)28(33)34-27(32)21-11-12-24-22(16-21)15-20-9-5-6-10-23(20)24/h2-12,16,18,25,30H,13-15,17H2,1H3,(H2,29,31)/t18-,25-/m0/s1. The molecule has 0 saturated carbocycles.